The first-order chi connectivity index (χ1) is 7.66. The van der Waals surface area contributed by atoms with Crippen LogP contribution in [0.25, 0.3) is 0 Å². The van der Waals surface area contributed by atoms with Gasteiger partial charge in [-0.05, 0) is 22.0 Å². The van der Waals surface area contributed by atoms with Crippen LogP contribution in [0.5, 0.6) is 5.75 Å². The molecule has 0 unspecified atom stereocenters. The monoisotopic (exact) mass is 287 g/mol. The third-order valence-corrected chi connectivity index (χ3v) is 2.96. The van der Waals surface area contributed by atoms with Gasteiger partial charge in [-0.3, -0.25) is 10.1 Å². The highest BCUT2D eigenvalue weighted by atomic mass is 79.9. The van der Waals surface area contributed by atoms with Crippen molar-refractivity contribution < 1.29 is 14.4 Å². The molecular formula is C10H10BrNO4. The van der Waals surface area contributed by atoms with Gasteiger partial charge in [-0.15, -0.1) is 0 Å². The molecule has 16 heavy (non-hydrogen) atoms. The predicted molar refractivity (Wildman–Crippen MR) is 60.6 cm³/mol. The summed E-state index contributed by atoms with van der Waals surface area (Å²) in [6, 6.07) is 4.47. The van der Waals surface area contributed by atoms with Gasteiger partial charge in [-0.1, -0.05) is 0 Å². The van der Waals surface area contributed by atoms with Crippen LogP contribution in [-0.4, -0.2) is 24.7 Å². The molecule has 1 heterocycles. The average molecular weight is 288 g/mol. The molecule has 0 spiro atoms. The first-order valence-electron chi connectivity index (χ1n) is 4.81. The van der Waals surface area contributed by atoms with Gasteiger partial charge in [0.05, 0.1) is 35.3 Å². The summed E-state index contributed by atoms with van der Waals surface area (Å²) in [5.74, 6) is 0.896. The van der Waals surface area contributed by atoms with Gasteiger partial charge in [-0.25, -0.2) is 0 Å². The molecule has 1 aliphatic rings. The minimum Gasteiger partial charge on any atom is -0.492 e. The number of nitrogens with zero attached hydrogens (tertiary/aromatic N) is 1. The molecule has 0 atom stereocenters. The van der Waals surface area contributed by atoms with Crippen molar-refractivity contribution in [1.82, 2.24) is 0 Å². The van der Waals surface area contributed by atoms with E-state index in [-0.39, 0.29) is 5.69 Å². The van der Waals surface area contributed by atoms with Crippen LogP contribution < -0.4 is 4.74 Å². The van der Waals surface area contributed by atoms with E-state index in [1.165, 1.54) is 12.1 Å². The Hall–Kier alpha value is -1.14. The van der Waals surface area contributed by atoms with Gasteiger partial charge in [0, 0.05) is 12.0 Å². The minimum atomic E-state index is -0.439. The molecular weight excluding hydrogens is 278 g/mol. The molecule has 2 rings (SSSR count). The molecule has 0 aromatic heterocycles. The number of halogens is 1. The minimum absolute atomic E-state index is 0.0306. The van der Waals surface area contributed by atoms with E-state index in [2.05, 4.69) is 15.9 Å². The number of benzene rings is 1. The Kier molecular flexibility index (Phi) is 3.40. The Labute approximate surface area is 101 Å². The van der Waals surface area contributed by atoms with Crippen molar-refractivity contribution >= 4 is 21.6 Å². The molecule has 1 saturated heterocycles. The largest absolute Gasteiger partial charge is 0.492 e. The van der Waals surface area contributed by atoms with Gasteiger partial charge >= 0.3 is 0 Å². The maximum absolute atomic E-state index is 10.6. The summed E-state index contributed by atoms with van der Waals surface area (Å²) in [5, 5.41) is 10.6. The smallest absolute Gasteiger partial charge is 0.273 e. The molecule has 1 fully saturated rings. The lowest BCUT2D eigenvalue weighted by atomic mass is 10.1. The SMILES string of the molecule is O=[N+]([O-])c1ccc(Br)c(OCC2COC2)c1. The Morgan fingerprint density at radius 3 is 2.88 bits per heavy atom. The lowest BCUT2D eigenvalue weighted by Crippen LogP contribution is -2.32. The van der Waals surface area contributed by atoms with Gasteiger partial charge in [0.1, 0.15) is 5.75 Å². The first kappa shape index (κ1) is 11.3. The number of non-ortho nitro benzene ring substituents is 1. The van der Waals surface area contributed by atoms with Crippen LogP contribution in [0.3, 0.4) is 0 Å². The molecule has 86 valence electrons. The zero-order valence-corrected chi connectivity index (χ0v) is 9.97. The molecule has 0 radical (unpaired) electrons. The summed E-state index contributed by atoms with van der Waals surface area (Å²) >= 11 is 3.29. The molecule has 1 aromatic rings. The van der Waals surface area contributed by atoms with E-state index in [1.54, 1.807) is 6.07 Å². The van der Waals surface area contributed by atoms with Crippen molar-refractivity contribution in [2.75, 3.05) is 19.8 Å². The fourth-order valence-electron chi connectivity index (χ4n) is 1.30. The van der Waals surface area contributed by atoms with Gasteiger partial charge in [0.25, 0.3) is 5.69 Å². The second-order valence-corrected chi connectivity index (χ2v) is 4.44. The summed E-state index contributed by atoms with van der Waals surface area (Å²) < 4.78 is 11.2. The molecule has 1 aliphatic heterocycles. The number of nitro groups is 1. The number of nitro benzene ring substituents is 1. The highest BCUT2D eigenvalue weighted by molar-refractivity contribution is 9.10. The summed E-state index contributed by atoms with van der Waals surface area (Å²) in [5.41, 5.74) is 0.0306. The third-order valence-electron chi connectivity index (χ3n) is 2.31. The van der Waals surface area contributed by atoms with Crippen molar-refractivity contribution in [3.63, 3.8) is 0 Å². The molecule has 0 aliphatic carbocycles. The Morgan fingerprint density at radius 2 is 2.31 bits per heavy atom. The highest BCUT2D eigenvalue weighted by Gasteiger charge is 2.20. The van der Waals surface area contributed by atoms with Crippen LogP contribution in [0.4, 0.5) is 5.69 Å². The lowest BCUT2D eigenvalue weighted by Gasteiger charge is -2.25. The average Bonchev–Trinajstić information content (AvgIpc) is 2.18. The van der Waals surface area contributed by atoms with Crippen LogP contribution in [0.1, 0.15) is 0 Å². The molecule has 1 aromatic carbocycles. The highest BCUT2D eigenvalue weighted by Crippen LogP contribution is 2.29. The lowest BCUT2D eigenvalue weighted by molar-refractivity contribution is -0.385. The van der Waals surface area contributed by atoms with E-state index in [4.69, 9.17) is 9.47 Å². The second kappa shape index (κ2) is 4.80. The van der Waals surface area contributed by atoms with Crippen LogP contribution in [0.15, 0.2) is 22.7 Å². The van der Waals surface area contributed by atoms with Crippen LogP contribution in [0.2, 0.25) is 0 Å². The van der Waals surface area contributed by atoms with Gasteiger partial charge < -0.3 is 9.47 Å². The molecule has 5 nitrogen and oxygen atoms in total. The van der Waals surface area contributed by atoms with Gasteiger partial charge in [-0.2, -0.15) is 0 Å². The maximum atomic E-state index is 10.6. The van der Waals surface area contributed by atoms with E-state index in [0.717, 1.165) is 4.47 Å². The van der Waals surface area contributed by atoms with Gasteiger partial charge in [0.15, 0.2) is 0 Å². The summed E-state index contributed by atoms with van der Waals surface area (Å²) in [7, 11) is 0. The van der Waals surface area contributed by atoms with E-state index in [1.807, 2.05) is 0 Å². The van der Waals surface area contributed by atoms with Crippen LogP contribution >= 0.6 is 15.9 Å². The summed E-state index contributed by atoms with van der Waals surface area (Å²) in [6.45, 7) is 1.93. The Bertz CT molecular complexity index is 406. The number of rotatable bonds is 4. The topological polar surface area (TPSA) is 61.6 Å². The van der Waals surface area contributed by atoms with Crippen molar-refractivity contribution in [3.05, 3.63) is 32.8 Å². The molecule has 0 saturated carbocycles. The van der Waals surface area contributed by atoms with Crippen LogP contribution in [0, 0.1) is 16.0 Å². The first-order valence-corrected chi connectivity index (χ1v) is 5.60. The van der Waals surface area contributed by atoms with E-state index < -0.39 is 4.92 Å². The number of hydrogen-bond acceptors (Lipinski definition) is 4. The zero-order chi connectivity index (χ0) is 11.5. The fraction of sp³-hybridized carbons (Fsp3) is 0.400. The molecule has 0 amide bonds. The predicted octanol–water partition coefficient (Wildman–Crippen LogP) is 2.38. The van der Waals surface area contributed by atoms with Crippen molar-refractivity contribution in [3.8, 4) is 5.75 Å². The standard InChI is InChI=1S/C10H10BrNO4/c11-9-2-1-8(12(13)14)3-10(9)16-6-7-4-15-5-7/h1-3,7H,4-6H2. The molecule has 0 N–H and O–H groups in total. The molecule has 0 bridgehead atoms. The number of hydrogen-bond donors (Lipinski definition) is 0. The zero-order valence-electron chi connectivity index (χ0n) is 8.39. The van der Waals surface area contributed by atoms with Crippen molar-refractivity contribution in [1.29, 1.82) is 0 Å². The Morgan fingerprint density at radius 1 is 1.56 bits per heavy atom. The number of ether oxygens (including phenoxy) is 2. The fourth-order valence-corrected chi connectivity index (χ4v) is 1.67. The van der Waals surface area contributed by atoms with Crippen molar-refractivity contribution in [2.24, 2.45) is 5.92 Å². The molecule has 6 heteroatoms. The second-order valence-electron chi connectivity index (χ2n) is 3.59. The normalized spacial score (nSPS) is 15.6. The van der Waals surface area contributed by atoms with Gasteiger partial charge in [0.2, 0.25) is 0 Å². The Balaban J connectivity index is 2.05. The third kappa shape index (κ3) is 2.51. The van der Waals surface area contributed by atoms with Crippen molar-refractivity contribution in [2.45, 2.75) is 0 Å². The summed E-state index contributed by atoms with van der Waals surface area (Å²) in [6.07, 6.45) is 0. The van der Waals surface area contributed by atoms with E-state index >= 15 is 0 Å². The van der Waals surface area contributed by atoms with Crippen LogP contribution in [-0.2, 0) is 4.74 Å². The quantitative estimate of drug-likeness (QED) is 0.630. The maximum Gasteiger partial charge on any atom is 0.273 e. The van der Waals surface area contributed by atoms with E-state index in [9.17, 15) is 10.1 Å². The summed E-state index contributed by atoms with van der Waals surface area (Å²) in [4.78, 5) is 10.1. The van der Waals surface area contributed by atoms with E-state index in [0.29, 0.717) is 31.5 Å².